The van der Waals surface area contributed by atoms with Gasteiger partial charge in [-0.05, 0) is 55.5 Å². The minimum absolute atomic E-state index is 0.195. The second-order valence-electron chi connectivity index (χ2n) is 6.00. The van der Waals surface area contributed by atoms with Crippen LogP contribution in [0.15, 0.2) is 80.2 Å². The van der Waals surface area contributed by atoms with E-state index >= 15 is 0 Å². The van der Waals surface area contributed by atoms with E-state index in [1.807, 2.05) is 49.4 Å². The highest BCUT2D eigenvalue weighted by Crippen LogP contribution is 2.26. The number of cyclic esters (lactones) is 1. The summed E-state index contributed by atoms with van der Waals surface area (Å²) in [6.45, 7) is 2.51. The predicted molar refractivity (Wildman–Crippen MR) is 110 cm³/mol. The lowest BCUT2D eigenvalue weighted by Crippen LogP contribution is -2.05. The molecule has 2 aromatic carbocycles. The van der Waals surface area contributed by atoms with Gasteiger partial charge >= 0.3 is 5.97 Å². The molecule has 4 rings (SSSR count). The van der Waals surface area contributed by atoms with Crippen LogP contribution in [0.2, 0.25) is 0 Å². The molecule has 140 valence electrons. The van der Waals surface area contributed by atoms with Crippen molar-refractivity contribution in [3.63, 3.8) is 0 Å². The number of furan rings is 1. The lowest BCUT2D eigenvalue weighted by molar-refractivity contribution is -0.129. The molecule has 28 heavy (non-hydrogen) atoms. The van der Waals surface area contributed by atoms with Crippen LogP contribution in [0.1, 0.15) is 18.2 Å². The fourth-order valence-corrected chi connectivity index (χ4v) is 2.99. The van der Waals surface area contributed by atoms with Crippen molar-refractivity contribution in [2.24, 2.45) is 4.99 Å². The maximum atomic E-state index is 12.2. The number of nitrogens with zero attached hydrogens (tertiary/aromatic N) is 1. The first-order valence-electron chi connectivity index (χ1n) is 8.74. The lowest BCUT2D eigenvalue weighted by Gasteiger charge is -2.03. The van der Waals surface area contributed by atoms with Gasteiger partial charge in [0.2, 0.25) is 5.90 Å². The number of benzene rings is 2. The van der Waals surface area contributed by atoms with E-state index in [0.29, 0.717) is 23.7 Å². The molecule has 0 radical (unpaired) electrons. The van der Waals surface area contributed by atoms with Crippen molar-refractivity contribution in [3.8, 4) is 17.1 Å². The zero-order valence-corrected chi connectivity index (χ0v) is 16.6. The number of hydrogen-bond acceptors (Lipinski definition) is 5. The molecular weight excluding hydrogens is 422 g/mol. The third kappa shape index (κ3) is 3.92. The molecular formula is C22H16BrNO4. The first-order chi connectivity index (χ1) is 13.6. The molecule has 2 heterocycles. The maximum absolute atomic E-state index is 12.2. The van der Waals surface area contributed by atoms with Crippen molar-refractivity contribution in [1.82, 2.24) is 0 Å². The molecule has 0 saturated heterocycles. The van der Waals surface area contributed by atoms with E-state index in [2.05, 4.69) is 20.9 Å². The molecule has 0 saturated carbocycles. The summed E-state index contributed by atoms with van der Waals surface area (Å²) in [6.07, 6.45) is 1.58. The van der Waals surface area contributed by atoms with E-state index in [-0.39, 0.29) is 11.6 Å². The predicted octanol–water partition coefficient (Wildman–Crippen LogP) is 5.45. The summed E-state index contributed by atoms with van der Waals surface area (Å²) in [6, 6.07) is 18.7. The van der Waals surface area contributed by atoms with Gasteiger partial charge in [0.15, 0.2) is 5.70 Å². The van der Waals surface area contributed by atoms with Gasteiger partial charge in [-0.2, -0.15) is 0 Å². The second kappa shape index (κ2) is 7.86. The number of rotatable bonds is 5. The average molecular weight is 438 g/mol. The summed E-state index contributed by atoms with van der Waals surface area (Å²) in [4.78, 5) is 16.5. The number of halogens is 1. The molecule has 1 aliphatic heterocycles. The third-order valence-electron chi connectivity index (χ3n) is 4.07. The number of carbonyl (C=O) groups excluding carboxylic acids is 1. The van der Waals surface area contributed by atoms with Gasteiger partial charge < -0.3 is 13.9 Å². The van der Waals surface area contributed by atoms with E-state index in [4.69, 9.17) is 13.9 Å². The summed E-state index contributed by atoms with van der Waals surface area (Å²) in [5.74, 6) is 1.75. The van der Waals surface area contributed by atoms with Crippen LogP contribution in [-0.4, -0.2) is 18.5 Å². The molecule has 0 spiro atoms. The van der Waals surface area contributed by atoms with Crippen LogP contribution in [0.4, 0.5) is 0 Å². The van der Waals surface area contributed by atoms with Gasteiger partial charge in [-0.25, -0.2) is 9.79 Å². The Morgan fingerprint density at radius 1 is 1.00 bits per heavy atom. The van der Waals surface area contributed by atoms with Crippen molar-refractivity contribution >= 4 is 33.9 Å². The van der Waals surface area contributed by atoms with E-state index in [9.17, 15) is 4.79 Å². The zero-order chi connectivity index (χ0) is 19.5. The number of esters is 1. The van der Waals surface area contributed by atoms with Crippen LogP contribution >= 0.6 is 15.9 Å². The molecule has 0 amide bonds. The lowest BCUT2D eigenvalue weighted by atomic mass is 10.2. The SMILES string of the molecule is CCOc1ccc(C2=N/C(=C\c3ccc(-c4ccc(Br)cc4)o3)C(=O)O2)cc1. The van der Waals surface area contributed by atoms with Crippen LogP contribution in [0.3, 0.4) is 0 Å². The maximum Gasteiger partial charge on any atom is 0.363 e. The van der Waals surface area contributed by atoms with Crippen molar-refractivity contribution in [3.05, 3.63) is 82.2 Å². The fourth-order valence-electron chi connectivity index (χ4n) is 2.73. The molecule has 1 aliphatic rings. The second-order valence-corrected chi connectivity index (χ2v) is 6.92. The van der Waals surface area contributed by atoms with E-state index < -0.39 is 5.97 Å². The minimum atomic E-state index is -0.509. The molecule has 3 aromatic rings. The molecule has 5 nitrogen and oxygen atoms in total. The molecule has 0 atom stereocenters. The number of aliphatic imine (C=N–C) groups is 1. The van der Waals surface area contributed by atoms with Crippen molar-refractivity contribution in [2.45, 2.75) is 6.92 Å². The van der Waals surface area contributed by atoms with Crippen molar-refractivity contribution in [1.29, 1.82) is 0 Å². The van der Waals surface area contributed by atoms with Gasteiger partial charge in [-0.3, -0.25) is 0 Å². The van der Waals surface area contributed by atoms with Gasteiger partial charge in [0.25, 0.3) is 0 Å². The van der Waals surface area contributed by atoms with E-state index in [1.165, 1.54) is 0 Å². The Kier molecular flexibility index (Phi) is 5.12. The van der Waals surface area contributed by atoms with Crippen LogP contribution in [0, 0.1) is 0 Å². The Morgan fingerprint density at radius 2 is 1.71 bits per heavy atom. The molecule has 1 aromatic heterocycles. The van der Waals surface area contributed by atoms with Gasteiger partial charge in [0.05, 0.1) is 6.61 Å². The Balaban J connectivity index is 1.56. The Bertz CT molecular complexity index is 1060. The minimum Gasteiger partial charge on any atom is -0.494 e. The quantitative estimate of drug-likeness (QED) is 0.393. The van der Waals surface area contributed by atoms with Crippen LogP contribution in [-0.2, 0) is 9.53 Å². The average Bonchev–Trinajstić information content (AvgIpc) is 3.31. The summed E-state index contributed by atoms with van der Waals surface area (Å²) in [7, 11) is 0. The smallest absolute Gasteiger partial charge is 0.363 e. The van der Waals surface area contributed by atoms with Gasteiger partial charge in [-0.1, -0.05) is 28.1 Å². The number of hydrogen-bond donors (Lipinski definition) is 0. The molecule has 0 unspecified atom stereocenters. The molecule has 0 N–H and O–H groups in total. The largest absolute Gasteiger partial charge is 0.494 e. The van der Waals surface area contributed by atoms with Crippen molar-refractivity contribution in [2.75, 3.05) is 6.61 Å². The highest BCUT2D eigenvalue weighted by molar-refractivity contribution is 9.10. The standard InChI is InChI=1S/C22H16BrNO4/c1-2-26-17-9-5-15(6-10-17)21-24-19(22(25)28-21)13-18-11-12-20(27-18)14-3-7-16(23)8-4-14/h3-13H,2H2,1H3/b19-13-. The van der Waals surface area contributed by atoms with E-state index in [1.54, 1.807) is 24.3 Å². The Hall–Kier alpha value is -3.12. The zero-order valence-electron chi connectivity index (χ0n) is 15.0. The normalized spacial score (nSPS) is 14.9. The third-order valence-corrected chi connectivity index (χ3v) is 4.60. The van der Waals surface area contributed by atoms with Crippen LogP contribution < -0.4 is 4.74 Å². The molecule has 6 heteroatoms. The first kappa shape index (κ1) is 18.3. The monoisotopic (exact) mass is 437 g/mol. The van der Waals surface area contributed by atoms with Crippen molar-refractivity contribution < 1.29 is 18.7 Å². The summed E-state index contributed by atoms with van der Waals surface area (Å²) < 4.78 is 17.5. The summed E-state index contributed by atoms with van der Waals surface area (Å²) in [5.41, 5.74) is 1.84. The van der Waals surface area contributed by atoms with Crippen LogP contribution in [0.25, 0.3) is 17.4 Å². The Morgan fingerprint density at radius 3 is 2.43 bits per heavy atom. The van der Waals surface area contributed by atoms with Gasteiger partial charge in [-0.15, -0.1) is 0 Å². The van der Waals surface area contributed by atoms with Crippen LogP contribution in [0.5, 0.6) is 5.75 Å². The summed E-state index contributed by atoms with van der Waals surface area (Å²) >= 11 is 3.41. The fraction of sp³-hybridized carbons (Fsp3) is 0.0909. The summed E-state index contributed by atoms with van der Waals surface area (Å²) in [5, 5.41) is 0. The molecule has 0 fully saturated rings. The highest BCUT2D eigenvalue weighted by Gasteiger charge is 2.24. The number of carbonyl (C=O) groups is 1. The van der Waals surface area contributed by atoms with E-state index in [0.717, 1.165) is 15.8 Å². The highest BCUT2D eigenvalue weighted by atomic mass is 79.9. The number of ether oxygens (including phenoxy) is 2. The topological polar surface area (TPSA) is 61.0 Å². The molecule has 0 aliphatic carbocycles. The first-order valence-corrected chi connectivity index (χ1v) is 9.53. The van der Waals surface area contributed by atoms with Gasteiger partial charge in [0, 0.05) is 21.7 Å². The Labute approximate surface area is 170 Å². The molecule has 0 bridgehead atoms. The van der Waals surface area contributed by atoms with Gasteiger partial charge in [0.1, 0.15) is 17.3 Å².